The van der Waals surface area contributed by atoms with Crippen LogP contribution in [0.1, 0.15) is 27.6 Å². The van der Waals surface area contributed by atoms with Gasteiger partial charge in [-0.25, -0.2) is 4.39 Å². The molecule has 0 aliphatic carbocycles. The lowest BCUT2D eigenvalue weighted by Gasteiger charge is -2.16. The summed E-state index contributed by atoms with van der Waals surface area (Å²) in [5.74, 6) is 1.04. The molecule has 1 aromatic heterocycles. The van der Waals surface area contributed by atoms with E-state index < -0.39 is 0 Å². The van der Waals surface area contributed by atoms with Crippen LogP contribution in [0.2, 0.25) is 0 Å². The molecule has 1 amide bonds. The molecule has 0 radical (unpaired) electrons. The van der Waals surface area contributed by atoms with Crippen LogP contribution < -0.4 is 4.74 Å². The van der Waals surface area contributed by atoms with Crippen molar-refractivity contribution in [2.24, 2.45) is 0 Å². The summed E-state index contributed by atoms with van der Waals surface area (Å²) in [5, 5.41) is 3.91. The molecule has 0 atom stereocenters. The summed E-state index contributed by atoms with van der Waals surface area (Å²) in [6, 6.07) is 13.1. The van der Waals surface area contributed by atoms with Crippen molar-refractivity contribution in [2.75, 3.05) is 13.6 Å². The first-order valence-electron chi connectivity index (χ1n) is 8.53. The summed E-state index contributed by atoms with van der Waals surface area (Å²) in [4.78, 5) is 18.1. The number of rotatable bonds is 7. The van der Waals surface area contributed by atoms with E-state index in [2.05, 4.69) is 10.1 Å². The molecule has 2 aromatic carbocycles. The third kappa shape index (κ3) is 5.13. The molecular weight excluding hydrogens is 349 g/mol. The highest BCUT2D eigenvalue weighted by Gasteiger charge is 2.14. The van der Waals surface area contributed by atoms with E-state index in [1.165, 1.54) is 29.2 Å². The number of amides is 1. The van der Waals surface area contributed by atoms with Gasteiger partial charge in [0.2, 0.25) is 0 Å². The summed E-state index contributed by atoms with van der Waals surface area (Å²) in [6.45, 7) is 2.58. The Labute approximate surface area is 156 Å². The van der Waals surface area contributed by atoms with Gasteiger partial charge in [-0.1, -0.05) is 17.3 Å². The minimum absolute atomic E-state index is 0.181. The van der Waals surface area contributed by atoms with E-state index in [-0.39, 0.29) is 18.3 Å². The smallest absolute Gasteiger partial charge is 0.264 e. The van der Waals surface area contributed by atoms with Crippen molar-refractivity contribution in [1.29, 1.82) is 0 Å². The molecule has 6 nitrogen and oxygen atoms in total. The Bertz CT molecular complexity index is 909. The number of hydrogen-bond donors (Lipinski definition) is 0. The van der Waals surface area contributed by atoms with Crippen LogP contribution in [-0.2, 0) is 13.0 Å². The first kappa shape index (κ1) is 18.6. The second-order valence-corrected chi connectivity index (χ2v) is 6.19. The van der Waals surface area contributed by atoms with Crippen molar-refractivity contribution < 1.29 is 18.4 Å². The van der Waals surface area contributed by atoms with Crippen LogP contribution in [0.4, 0.5) is 4.39 Å². The fourth-order valence-electron chi connectivity index (χ4n) is 2.48. The Morgan fingerprint density at radius 3 is 2.74 bits per heavy atom. The Hall–Kier alpha value is -3.22. The van der Waals surface area contributed by atoms with Crippen molar-refractivity contribution in [1.82, 2.24) is 15.0 Å². The maximum Gasteiger partial charge on any atom is 0.264 e. The molecular formula is C20H20FN3O3. The van der Waals surface area contributed by atoms with Crippen LogP contribution in [0, 0.1) is 12.7 Å². The fraction of sp³-hybridized carbons (Fsp3) is 0.250. The minimum atomic E-state index is -0.374. The van der Waals surface area contributed by atoms with Gasteiger partial charge in [0.1, 0.15) is 11.6 Å². The van der Waals surface area contributed by atoms with Gasteiger partial charge in [0.05, 0.1) is 0 Å². The lowest BCUT2D eigenvalue weighted by molar-refractivity contribution is 0.0795. The van der Waals surface area contributed by atoms with Gasteiger partial charge < -0.3 is 14.2 Å². The molecule has 0 spiro atoms. The predicted octanol–water partition coefficient (Wildman–Crippen LogP) is 3.41. The zero-order chi connectivity index (χ0) is 19.2. The molecule has 0 saturated carbocycles. The van der Waals surface area contributed by atoms with Crippen molar-refractivity contribution in [3.05, 3.63) is 77.2 Å². The molecule has 7 heteroatoms. The second kappa shape index (κ2) is 8.44. The number of likely N-dealkylation sites (N-methyl/N-ethyl adjacent to an activating group) is 1. The fourth-order valence-corrected chi connectivity index (χ4v) is 2.48. The van der Waals surface area contributed by atoms with Crippen LogP contribution in [0.5, 0.6) is 5.75 Å². The monoisotopic (exact) mass is 369 g/mol. The van der Waals surface area contributed by atoms with E-state index in [0.717, 1.165) is 11.3 Å². The quantitative estimate of drug-likeness (QED) is 0.638. The molecule has 0 saturated heterocycles. The Kier molecular flexibility index (Phi) is 5.80. The van der Waals surface area contributed by atoms with Crippen LogP contribution in [0.15, 0.2) is 53.1 Å². The summed E-state index contributed by atoms with van der Waals surface area (Å²) in [7, 11) is 1.67. The zero-order valence-electron chi connectivity index (χ0n) is 15.2. The van der Waals surface area contributed by atoms with Crippen molar-refractivity contribution in [3.63, 3.8) is 0 Å². The zero-order valence-corrected chi connectivity index (χ0v) is 15.2. The van der Waals surface area contributed by atoms with Gasteiger partial charge in [0, 0.05) is 25.6 Å². The Balaban J connectivity index is 1.50. The number of benzene rings is 2. The molecule has 140 valence electrons. The van der Waals surface area contributed by atoms with E-state index in [1.807, 2.05) is 31.2 Å². The molecule has 0 aliphatic heterocycles. The van der Waals surface area contributed by atoms with Crippen molar-refractivity contribution in [2.45, 2.75) is 20.0 Å². The normalized spacial score (nSPS) is 10.6. The molecule has 3 rings (SSSR count). The molecule has 27 heavy (non-hydrogen) atoms. The molecule has 0 N–H and O–H groups in total. The average Bonchev–Trinajstić information content (AvgIpc) is 3.12. The topological polar surface area (TPSA) is 68.5 Å². The highest BCUT2D eigenvalue weighted by Crippen LogP contribution is 2.14. The SMILES string of the molecule is Cc1cccc(OCc2nc(CCN(C)C(=O)c3ccc(F)cc3)no2)c1. The highest BCUT2D eigenvalue weighted by molar-refractivity contribution is 5.93. The highest BCUT2D eigenvalue weighted by atomic mass is 19.1. The lowest BCUT2D eigenvalue weighted by atomic mass is 10.2. The molecule has 0 fully saturated rings. The summed E-state index contributed by atoms with van der Waals surface area (Å²) >= 11 is 0. The Morgan fingerprint density at radius 2 is 2.00 bits per heavy atom. The number of aryl methyl sites for hydroxylation is 1. The number of carbonyl (C=O) groups excluding carboxylic acids is 1. The van der Waals surface area contributed by atoms with Gasteiger partial charge in [-0.3, -0.25) is 4.79 Å². The number of hydrogen-bond acceptors (Lipinski definition) is 5. The van der Waals surface area contributed by atoms with E-state index in [0.29, 0.717) is 30.2 Å². The van der Waals surface area contributed by atoms with E-state index in [1.54, 1.807) is 7.05 Å². The largest absolute Gasteiger partial charge is 0.484 e. The van der Waals surface area contributed by atoms with Crippen molar-refractivity contribution >= 4 is 5.91 Å². The van der Waals surface area contributed by atoms with Gasteiger partial charge >= 0.3 is 0 Å². The number of ether oxygens (including phenoxy) is 1. The first-order chi connectivity index (χ1) is 13.0. The molecule has 0 unspecified atom stereocenters. The number of halogens is 1. The van der Waals surface area contributed by atoms with E-state index in [4.69, 9.17) is 9.26 Å². The first-order valence-corrected chi connectivity index (χ1v) is 8.53. The molecule has 1 heterocycles. The van der Waals surface area contributed by atoms with Gasteiger partial charge in [0.15, 0.2) is 12.4 Å². The van der Waals surface area contributed by atoms with Crippen molar-refractivity contribution in [3.8, 4) is 5.75 Å². The number of carbonyl (C=O) groups is 1. The van der Waals surface area contributed by atoms with Gasteiger partial charge in [0.25, 0.3) is 11.8 Å². The Morgan fingerprint density at radius 1 is 1.22 bits per heavy atom. The summed E-state index contributed by atoms with van der Waals surface area (Å²) in [5.41, 5.74) is 1.53. The minimum Gasteiger partial charge on any atom is -0.484 e. The number of aromatic nitrogens is 2. The average molecular weight is 369 g/mol. The molecule has 0 aliphatic rings. The van der Waals surface area contributed by atoms with Crippen LogP contribution >= 0.6 is 0 Å². The standard InChI is InChI=1S/C20H20FN3O3/c1-14-4-3-5-17(12-14)26-13-19-22-18(23-27-19)10-11-24(2)20(25)15-6-8-16(21)9-7-15/h3-9,12H,10-11,13H2,1-2H3. The van der Waals surface area contributed by atoms with Crippen LogP contribution in [0.3, 0.4) is 0 Å². The van der Waals surface area contributed by atoms with E-state index >= 15 is 0 Å². The maximum atomic E-state index is 13.0. The van der Waals surface area contributed by atoms with Gasteiger partial charge in [-0.05, 0) is 48.9 Å². The summed E-state index contributed by atoms with van der Waals surface area (Å²) in [6.07, 6.45) is 0.442. The predicted molar refractivity (Wildman–Crippen MR) is 96.9 cm³/mol. The summed E-state index contributed by atoms with van der Waals surface area (Å²) < 4.78 is 23.8. The third-order valence-corrected chi connectivity index (χ3v) is 3.97. The van der Waals surface area contributed by atoms with Crippen LogP contribution in [0.25, 0.3) is 0 Å². The lowest BCUT2D eigenvalue weighted by Crippen LogP contribution is -2.29. The molecule has 0 bridgehead atoms. The number of nitrogens with zero attached hydrogens (tertiary/aromatic N) is 3. The second-order valence-electron chi connectivity index (χ2n) is 6.19. The van der Waals surface area contributed by atoms with Gasteiger partial charge in [-0.2, -0.15) is 4.98 Å². The van der Waals surface area contributed by atoms with E-state index in [9.17, 15) is 9.18 Å². The third-order valence-electron chi connectivity index (χ3n) is 3.97. The molecule has 3 aromatic rings. The van der Waals surface area contributed by atoms with Crippen LogP contribution in [-0.4, -0.2) is 34.5 Å². The van der Waals surface area contributed by atoms with Gasteiger partial charge in [-0.15, -0.1) is 0 Å². The maximum absolute atomic E-state index is 13.0.